The van der Waals surface area contributed by atoms with E-state index in [0.717, 1.165) is 34.4 Å². The lowest BCUT2D eigenvalue weighted by atomic mass is 9.91. The minimum Gasteiger partial charge on any atom is -0.508 e. The van der Waals surface area contributed by atoms with E-state index in [1.54, 1.807) is 12.1 Å². The minimum atomic E-state index is 0.268. The van der Waals surface area contributed by atoms with Crippen molar-refractivity contribution in [2.45, 2.75) is 13.3 Å². The third-order valence-corrected chi connectivity index (χ3v) is 3.88. The number of aryl methyl sites for hydroxylation is 1. The molecule has 22 heavy (non-hydrogen) atoms. The molecule has 2 nitrogen and oxygen atoms in total. The molecule has 0 heterocycles. The van der Waals surface area contributed by atoms with E-state index < -0.39 is 0 Å². The topological polar surface area (TPSA) is 46.2 Å². The van der Waals surface area contributed by atoms with E-state index in [2.05, 4.69) is 25.1 Å². The Balaban J connectivity index is 2.26. The van der Waals surface area contributed by atoms with Gasteiger partial charge in [0.15, 0.2) is 0 Å². The lowest BCUT2D eigenvalue weighted by Gasteiger charge is -2.15. The maximum Gasteiger partial charge on any atom is 0.115 e. The molecule has 3 aromatic rings. The number of hydrogen-bond donors (Lipinski definition) is 2. The molecule has 0 bridgehead atoms. The number of phenolic OH excluding ortho intramolecular Hbond substituents is 1. The summed E-state index contributed by atoms with van der Waals surface area (Å²) < 4.78 is 0. The van der Waals surface area contributed by atoms with Crippen molar-refractivity contribution < 1.29 is 5.11 Å². The van der Waals surface area contributed by atoms with Gasteiger partial charge in [0.05, 0.1) is 0 Å². The molecule has 0 unspecified atom stereocenters. The number of benzene rings is 3. The van der Waals surface area contributed by atoms with Crippen molar-refractivity contribution in [3.8, 4) is 28.0 Å². The van der Waals surface area contributed by atoms with E-state index in [0.29, 0.717) is 0 Å². The van der Waals surface area contributed by atoms with Gasteiger partial charge >= 0.3 is 0 Å². The summed E-state index contributed by atoms with van der Waals surface area (Å²) in [5, 5.41) is 9.52. The van der Waals surface area contributed by atoms with Gasteiger partial charge in [0.2, 0.25) is 0 Å². The average Bonchev–Trinajstić information content (AvgIpc) is 2.55. The highest BCUT2D eigenvalue weighted by Gasteiger charge is 2.12. The first-order chi connectivity index (χ1) is 10.7. The number of aromatic hydroxyl groups is 1. The molecule has 110 valence electrons. The van der Waals surface area contributed by atoms with E-state index in [4.69, 9.17) is 5.73 Å². The van der Waals surface area contributed by atoms with E-state index in [-0.39, 0.29) is 5.75 Å². The first kappa shape index (κ1) is 14.2. The Kier molecular flexibility index (Phi) is 3.84. The zero-order valence-corrected chi connectivity index (χ0v) is 12.6. The lowest BCUT2D eigenvalue weighted by Crippen LogP contribution is -1.96. The predicted molar refractivity (Wildman–Crippen MR) is 92.8 cm³/mol. The Bertz CT molecular complexity index is 777. The first-order valence-corrected chi connectivity index (χ1v) is 7.46. The van der Waals surface area contributed by atoms with Crippen LogP contribution in [-0.4, -0.2) is 5.11 Å². The summed E-state index contributed by atoms with van der Waals surface area (Å²) in [7, 11) is 0. The summed E-state index contributed by atoms with van der Waals surface area (Å²) in [6.07, 6.45) is 0.935. The van der Waals surface area contributed by atoms with E-state index in [1.165, 1.54) is 5.56 Å². The maximum atomic E-state index is 9.52. The van der Waals surface area contributed by atoms with Crippen LogP contribution in [0.1, 0.15) is 12.5 Å². The third-order valence-electron chi connectivity index (χ3n) is 3.88. The quantitative estimate of drug-likeness (QED) is 0.676. The number of rotatable bonds is 3. The molecule has 0 spiro atoms. The van der Waals surface area contributed by atoms with Gasteiger partial charge in [-0.3, -0.25) is 0 Å². The number of phenols is 1. The molecular formula is C20H19NO. The van der Waals surface area contributed by atoms with Gasteiger partial charge in [-0.05, 0) is 46.9 Å². The summed E-state index contributed by atoms with van der Waals surface area (Å²) in [6.45, 7) is 2.12. The van der Waals surface area contributed by atoms with Crippen molar-refractivity contribution in [3.63, 3.8) is 0 Å². The van der Waals surface area contributed by atoms with Crippen LogP contribution in [0.15, 0.2) is 66.7 Å². The molecule has 0 saturated heterocycles. The minimum absolute atomic E-state index is 0.268. The van der Waals surface area contributed by atoms with Crippen molar-refractivity contribution >= 4 is 5.69 Å². The van der Waals surface area contributed by atoms with Crippen molar-refractivity contribution in [1.82, 2.24) is 0 Å². The van der Waals surface area contributed by atoms with Gasteiger partial charge in [0.25, 0.3) is 0 Å². The molecule has 3 rings (SSSR count). The maximum absolute atomic E-state index is 9.52. The van der Waals surface area contributed by atoms with Gasteiger partial charge in [-0.25, -0.2) is 0 Å². The van der Waals surface area contributed by atoms with Crippen LogP contribution in [0.2, 0.25) is 0 Å². The molecule has 0 radical (unpaired) electrons. The Morgan fingerprint density at radius 2 is 1.55 bits per heavy atom. The van der Waals surface area contributed by atoms with Crippen LogP contribution in [0.3, 0.4) is 0 Å². The monoisotopic (exact) mass is 289 g/mol. The Labute approximate surface area is 130 Å². The summed E-state index contributed by atoms with van der Waals surface area (Å²) in [4.78, 5) is 0. The van der Waals surface area contributed by atoms with Crippen LogP contribution >= 0.6 is 0 Å². The van der Waals surface area contributed by atoms with Gasteiger partial charge in [0, 0.05) is 11.3 Å². The SMILES string of the molecule is CCc1cc(N)c(-c2ccccc2)c(-c2ccc(O)cc2)c1. The largest absolute Gasteiger partial charge is 0.508 e. The highest BCUT2D eigenvalue weighted by Crippen LogP contribution is 2.38. The van der Waals surface area contributed by atoms with Crippen LogP contribution in [0.25, 0.3) is 22.3 Å². The standard InChI is InChI=1S/C20H19NO/c1-2-14-12-18(15-8-10-17(22)11-9-15)20(19(21)13-14)16-6-4-3-5-7-16/h3-13,22H,2,21H2,1H3. The second-order valence-electron chi connectivity index (χ2n) is 5.37. The molecular weight excluding hydrogens is 270 g/mol. The molecule has 3 aromatic carbocycles. The van der Waals surface area contributed by atoms with Crippen LogP contribution in [0.5, 0.6) is 5.75 Å². The Morgan fingerprint density at radius 1 is 0.864 bits per heavy atom. The first-order valence-electron chi connectivity index (χ1n) is 7.46. The molecule has 0 aliphatic carbocycles. The smallest absolute Gasteiger partial charge is 0.115 e. The Morgan fingerprint density at radius 3 is 2.18 bits per heavy atom. The second-order valence-corrected chi connectivity index (χ2v) is 5.37. The number of nitrogens with two attached hydrogens (primary N) is 1. The zero-order valence-electron chi connectivity index (χ0n) is 12.6. The van der Waals surface area contributed by atoms with Crippen molar-refractivity contribution in [2.24, 2.45) is 0 Å². The van der Waals surface area contributed by atoms with Crippen molar-refractivity contribution in [3.05, 3.63) is 72.3 Å². The van der Waals surface area contributed by atoms with Crippen LogP contribution in [0, 0.1) is 0 Å². The van der Waals surface area contributed by atoms with Crippen LogP contribution < -0.4 is 5.73 Å². The molecule has 0 fully saturated rings. The van der Waals surface area contributed by atoms with Crippen molar-refractivity contribution in [2.75, 3.05) is 5.73 Å². The molecule has 0 aromatic heterocycles. The summed E-state index contributed by atoms with van der Waals surface area (Å²) in [6, 6.07) is 21.7. The van der Waals surface area contributed by atoms with Gasteiger partial charge in [-0.15, -0.1) is 0 Å². The van der Waals surface area contributed by atoms with Crippen molar-refractivity contribution in [1.29, 1.82) is 0 Å². The highest BCUT2D eigenvalue weighted by atomic mass is 16.3. The molecule has 0 atom stereocenters. The second kappa shape index (κ2) is 5.94. The molecule has 0 amide bonds. The summed E-state index contributed by atoms with van der Waals surface area (Å²) in [5.74, 6) is 0.268. The van der Waals surface area contributed by atoms with E-state index in [9.17, 15) is 5.11 Å². The van der Waals surface area contributed by atoms with E-state index >= 15 is 0 Å². The van der Waals surface area contributed by atoms with Crippen LogP contribution in [-0.2, 0) is 6.42 Å². The van der Waals surface area contributed by atoms with Gasteiger partial charge in [-0.1, -0.05) is 55.5 Å². The number of nitrogen functional groups attached to an aromatic ring is 1. The molecule has 0 aliphatic heterocycles. The number of anilines is 1. The molecule has 2 heteroatoms. The summed E-state index contributed by atoms with van der Waals surface area (Å²) >= 11 is 0. The fourth-order valence-electron chi connectivity index (χ4n) is 2.73. The Hall–Kier alpha value is -2.74. The molecule has 3 N–H and O–H groups in total. The normalized spacial score (nSPS) is 10.6. The fourth-order valence-corrected chi connectivity index (χ4v) is 2.73. The third kappa shape index (κ3) is 2.68. The predicted octanol–water partition coefficient (Wildman–Crippen LogP) is 4.87. The van der Waals surface area contributed by atoms with Gasteiger partial charge < -0.3 is 10.8 Å². The fraction of sp³-hybridized carbons (Fsp3) is 0.100. The summed E-state index contributed by atoms with van der Waals surface area (Å²) in [5.41, 5.74) is 12.6. The lowest BCUT2D eigenvalue weighted by molar-refractivity contribution is 0.475. The number of hydrogen-bond acceptors (Lipinski definition) is 2. The average molecular weight is 289 g/mol. The van der Waals surface area contributed by atoms with Crippen LogP contribution in [0.4, 0.5) is 5.69 Å². The van der Waals surface area contributed by atoms with E-state index in [1.807, 2.05) is 36.4 Å². The molecule has 0 saturated carbocycles. The zero-order chi connectivity index (χ0) is 15.5. The van der Waals surface area contributed by atoms with Gasteiger partial charge in [0.1, 0.15) is 5.75 Å². The van der Waals surface area contributed by atoms with Gasteiger partial charge in [-0.2, -0.15) is 0 Å². The highest BCUT2D eigenvalue weighted by molar-refractivity contribution is 5.91. The molecule has 0 aliphatic rings.